The summed E-state index contributed by atoms with van der Waals surface area (Å²) in [7, 11) is 0. The van der Waals surface area contributed by atoms with E-state index in [1.54, 1.807) is 0 Å². The summed E-state index contributed by atoms with van der Waals surface area (Å²) in [6, 6.07) is 1.63. The van der Waals surface area contributed by atoms with Crippen molar-refractivity contribution in [3.05, 3.63) is 0 Å². The highest BCUT2D eigenvalue weighted by Gasteiger charge is 2.19. The van der Waals surface area contributed by atoms with Crippen molar-refractivity contribution in [3.8, 4) is 0 Å². The molecule has 1 saturated heterocycles. The second-order valence-electron chi connectivity index (χ2n) is 5.92. The van der Waals surface area contributed by atoms with Crippen LogP contribution in [0.15, 0.2) is 0 Å². The molecule has 1 aliphatic carbocycles. The van der Waals surface area contributed by atoms with Crippen molar-refractivity contribution in [2.24, 2.45) is 0 Å². The molecular formula is C15H30N2. The normalized spacial score (nSPS) is 29.8. The molecule has 0 aromatic carbocycles. The lowest BCUT2D eigenvalue weighted by atomic mass is 10.0. The Balaban J connectivity index is 1.73. The van der Waals surface area contributed by atoms with E-state index >= 15 is 0 Å². The van der Waals surface area contributed by atoms with Gasteiger partial charge in [-0.3, -0.25) is 0 Å². The molecule has 0 aromatic heterocycles. The van der Waals surface area contributed by atoms with Gasteiger partial charge in [0.15, 0.2) is 0 Å². The average molecular weight is 238 g/mol. The van der Waals surface area contributed by atoms with Gasteiger partial charge >= 0.3 is 0 Å². The van der Waals surface area contributed by atoms with Gasteiger partial charge in [0.1, 0.15) is 0 Å². The van der Waals surface area contributed by atoms with E-state index in [4.69, 9.17) is 0 Å². The molecule has 0 spiro atoms. The van der Waals surface area contributed by atoms with Crippen molar-refractivity contribution in [3.63, 3.8) is 0 Å². The molecule has 2 rings (SSSR count). The molecule has 1 unspecified atom stereocenters. The van der Waals surface area contributed by atoms with E-state index in [0.29, 0.717) is 0 Å². The van der Waals surface area contributed by atoms with Crippen molar-refractivity contribution in [2.45, 2.75) is 76.8 Å². The molecule has 2 fully saturated rings. The minimum atomic E-state index is 0.801. The van der Waals surface area contributed by atoms with Gasteiger partial charge < -0.3 is 10.2 Å². The first kappa shape index (κ1) is 13.4. The summed E-state index contributed by atoms with van der Waals surface area (Å²) < 4.78 is 0. The molecule has 1 aliphatic heterocycles. The molecule has 1 heterocycles. The first-order valence-electron chi connectivity index (χ1n) is 7.87. The minimum absolute atomic E-state index is 0.801. The van der Waals surface area contributed by atoms with Crippen LogP contribution in [0, 0.1) is 0 Å². The van der Waals surface area contributed by atoms with Gasteiger partial charge in [-0.05, 0) is 51.7 Å². The van der Waals surface area contributed by atoms with Crippen LogP contribution >= 0.6 is 0 Å². The molecule has 0 aromatic rings. The third-order valence-electron chi connectivity index (χ3n) is 4.59. The Kier molecular flexibility index (Phi) is 5.79. The summed E-state index contributed by atoms with van der Waals surface area (Å²) in [6.07, 6.45) is 12.8. The van der Waals surface area contributed by atoms with Crippen LogP contribution in [0.4, 0.5) is 0 Å². The SMILES string of the molecule is CCN1CCCC(NC2CCCCCC2)CC1. The van der Waals surface area contributed by atoms with E-state index in [2.05, 4.69) is 17.1 Å². The maximum absolute atomic E-state index is 3.96. The molecule has 2 aliphatic rings. The lowest BCUT2D eigenvalue weighted by Crippen LogP contribution is -2.38. The molecule has 2 nitrogen and oxygen atoms in total. The van der Waals surface area contributed by atoms with Gasteiger partial charge in [0.05, 0.1) is 0 Å². The zero-order chi connectivity index (χ0) is 11.9. The number of nitrogens with one attached hydrogen (secondary N) is 1. The van der Waals surface area contributed by atoms with Crippen LogP contribution in [0.3, 0.4) is 0 Å². The van der Waals surface area contributed by atoms with Gasteiger partial charge in [0.25, 0.3) is 0 Å². The minimum Gasteiger partial charge on any atom is -0.311 e. The summed E-state index contributed by atoms with van der Waals surface area (Å²) in [5.74, 6) is 0. The van der Waals surface area contributed by atoms with Crippen LogP contribution in [-0.4, -0.2) is 36.6 Å². The van der Waals surface area contributed by atoms with Gasteiger partial charge in [0, 0.05) is 12.1 Å². The van der Waals surface area contributed by atoms with Crippen LogP contribution in [0.1, 0.15) is 64.7 Å². The summed E-state index contributed by atoms with van der Waals surface area (Å²) in [5.41, 5.74) is 0. The van der Waals surface area contributed by atoms with Crippen LogP contribution in [0.25, 0.3) is 0 Å². The van der Waals surface area contributed by atoms with E-state index in [9.17, 15) is 0 Å². The molecule has 1 N–H and O–H groups in total. The maximum atomic E-state index is 3.96. The fraction of sp³-hybridized carbons (Fsp3) is 1.00. The predicted octanol–water partition coefficient (Wildman–Crippen LogP) is 3.17. The highest BCUT2D eigenvalue weighted by atomic mass is 15.1. The number of hydrogen-bond donors (Lipinski definition) is 1. The summed E-state index contributed by atoms with van der Waals surface area (Å²) >= 11 is 0. The Hall–Kier alpha value is -0.0800. The Bertz CT molecular complexity index is 197. The number of nitrogens with zero attached hydrogens (tertiary/aromatic N) is 1. The van der Waals surface area contributed by atoms with Crippen molar-refractivity contribution >= 4 is 0 Å². The molecule has 100 valence electrons. The molecule has 0 bridgehead atoms. The van der Waals surface area contributed by atoms with Crippen LogP contribution in [0.2, 0.25) is 0 Å². The first-order valence-corrected chi connectivity index (χ1v) is 7.87. The molecule has 1 saturated carbocycles. The number of likely N-dealkylation sites (tertiary alicyclic amines) is 1. The lowest BCUT2D eigenvalue weighted by molar-refractivity contribution is 0.293. The highest BCUT2D eigenvalue weighted by Crippen LogP contribution is 2.19. The third-order valence-corrected chi connectivity index (χ3v) is 4.59. The zero-order valence-corrected chi connectivity index (χ0v) is 11.6. The Morgan fingerprint density at radius 3 is 2.18 bits per heavy atom. The topological polar surface area (TPSA) is 15.3 Å². The number of hydrogen-bond acceptors (Lipinski definition) is 2. The van der Waals surface area contributed by atoms with Gasteiger partial charge in [-0.25, -0.2) is 0 Å². The van der Waals surface area contributed by atoms with Crippen molar-refractivity contribution in [2.75, 3.05) is 19.6 Å². The molecule has 17 heavy (non-hydrogen) atoms. The molecular weight excluding hydrogens is 208 g/mol. The van der Waals surface area contributed by atoms with E-state index in [1.807, 2.05) is 0 Å². The van der Waals surface area contributed by atoms with E-state index in [-0.39, 0.29) is 0 Å². The third kappa shape index (κ3) is 4.59. The van der Waals surface area contributed by atoms with Gasteiger partial charge in [0.2, 0.25) is 0 Å². The van der Waals surface area contributed by atoms with Crippen molar-refractivity contribution in [1.82, 2.24) is 10.2 Å². The Morgan fingerprint density at radius 2 is 1.47 bits per heavy atom. The smallest absolute Gasteiger partial charge is 0.00823 e. The van der Waals surface area contributed by atoms with Gasteiger partial charge in [-0.2, -0.15) is 0 Å². The summed E-state index contributed by atoms with van der Waals surface area (Å²) in [5, 5.41) is 3.96. The highest BCUT2D eigenvalue weighted by molar-refractivity contribution is 4.79. The number of rotatable bonds is 3. The van der Waals surface area contributed by atoms with Crippen molar-refractivity contribution in [1.29, 1.82) is 0 Å². The van der Waals surface area contributed by atoms with Crippen molar-refractivity contribution < 1.29 is 0 Å². The monoisotopic (exact) mass is 238 g/mol. The quantitative estimate of drug-likeness (QED) is 0.760. The summed E-state index contributed by atoms with van der Waals surface area (Å²) in [4.78, 5) is 2.61. The first-order chi connectivity index (χ1) is 8.38. The lowest BCUT2D eigenvalue weighted by Gasteiger charge is -2.24. The van der Waals surface area contributed by atoms with Crippen LogP contribution in [0.5, 0.6) is 0 Å². The fourth-order valence-corrected chi connectivity index (χ4v) is 3.42. The molecule has 2 heteroatoms. The maximum Gasteiger partial charge on any atom is 0.00823 e. The van der Waals surface area contributed by atoms with Gasteiger partial charge in [-0.1, -0.05) is 32.6 Å². The predicted molar refractivity (Wildman–Crippen MR) is 74.4 cm³/mol. The van der Waals surface area contributed by atoms with E-state index in [0.717, 1.165) is 12.1 Å². The fourth-order valence-electron chi connectivity index (χ4n) is 3.42. The average Bonchev–Trinajstić information content (AvgIpc) is 2.72. The zero-order valence-electron chi connectivity index (χ0n) is 11.6. The summed E-state index contributed by atoms with van der Waals surface area (Å²) in [6.45, 7) is 6.15. The molecule has 1 atom stereocenters. The van der Waals surface area contributed by atoms with Gasteiger partial charge in [-0.15, -0.1) is 0 Å². The van der Waals surface area contributed by atoms with Crippen LogP contribution in [-0.2, 0) is 0 Å². The Labute approximate surface area is 107 Å². The van der Waals surface area contributed by atoms with E-state index in [1.165, 1.54) is 77.4 Å². The standard InChI is InChI=1S/C15H30N2/c1-2-17-12-7-10-15(11-13-17)16-14-8-5-3-4-6-9-14/h14-16H,2-13H2,1H3. The Morgan fingerprint density at radius 1 is 0.824 bits per heavy atom. The molecule has 0 radical (unpaired) electrons. The van der Waals surface area contributed by atoms with E-state index < -0.39 is 0 Å². The largest absolute Gasteiger partial charge is 0.311 e. The molecule has 0 amide bonds. The van der Waals surface area contributed by atoms with Crippen LogP contribution < -0.4 is 5.32 Å². The second-order valence-corrected chi connectivity index (χ2v) is 5.92. The second kappa shape index (κ2) is 7.38.